The number of likely N-dealkylation sites (tertiary alicyclic amines) is 1. The van der Waals surface area contributed by atoms with Crippen LogP contribution in [0.1, 0.15) is 29.8 Å². The summed E-state index contributed by atoms with van der Waals surface area (Å²) in [6.45, 7) is 5.97. The summed E-state index contributed by atoms with van der Waals surface area (Å²) in [5.74, 6) is 0.717. The van der Waals surface area contributed by atoms with Gasteiger partial charge in [0.25, 0.3) is 0 Å². The Hall–Kier alpha value is -1.57. The number of aromatic nitrogens is 3. The SMILES string of the molecule is Cc1ncsc1CN1CC[C@@]2(C[C@@H](Nc3ncccn3)CCO2)C1. The van der Waals surface area contributed by atoms with Crippen LogP contribution in [0.15, 0.2) is 24.0 Å². The molecule has 1 N–H and O–H groups in total. The Morgan fingerprint density at radius 2 is 2.25 bits per heavy atom. The fourth-order valence-corrected chi connectivity index (χ4v) is 4.55. The second kappa shape index (κ2) is 6.74. The van der Waals surface area contributed by atoms with E-state index in [-0.39, 0.29) is 5.60 Å². The Kier molecular flexibility index (Phi) is 4.47. The summed E-state index contributed by atoms with van der Waals surface area (Å²) in [6, 6.07) is 2.22. The second-order valence-corrected chi connectivity index (χ2v) is 7.70. The van der Waals surface area contributed by atoms with Gasteiger partial charge in [0.1, 0.15) is 0 Å². The van der Waals surface area contributed by atoms with E-state index in [2.05, 4.69) is 32.1 Å². The summed E-state index contributed by atoms with van der Waals surface area (Å²) < 4.78 is 6.24. The average Bonchev–Trinajstić information content (AvgIpc) is 3.16. The molecule has 2 fully saturated rings. The molecule has 2 aromatic rings. The van der Waals surface area contributed by atoms with Crippen LogP contribution < -0.4 is 5.32 Å². The number of ether oxygens (including phenoxy) is 1. The minimum absolute atomic E-state index is 0.0245. The quantitative estimate of drug-likeness (QED) is 0.918. The summed E-state index contributed by atoms with van der Waals surface area (Å²) in [4.78, 5) is 16.8. The van der Waals surface area contributed by atoms with Crippen LogP contribution in [0.25, 0.3) is 0 Å². The molecule has 0 unspecified atom stereocenters. The molecule has 6 nitrogen and oxygen atoms in total. The molecule has 0 amide bonds. The predicted molar refractivity (Wildman–Crippen MR) is 94.1 cm³/mol. The van der Waals surface area contributed by atoms with Crippen LogP contribution in [0.5, 0.6) is 0 Å². The standard InChI is InChI=1S/C17H23N5OS/c1-13-15(24-12-20-13)10-22-7-4-17(11-22)9-14(3-8-23-17)21-16-18-5-2-6-19-16/h2,5-6,12,14H,3-4,7-11H2,1H3,(H,18,19,21)/t14-,17+/m0/s1. The van der Waals surface area contributed by atoms with Crippen molar-refractivity contribution in [3.05, 3.63) is 34.5 Å². The molecule has 1 spiro atoms. The molecule has 2 aliphatic heterocycles. The summed E-state index contributed by atoms with van der Waals surface area (Å²) >= 11 is 1.75. The molecule has 2 aliphatic rings. The van der Waals surface area contributed by atoms with Gasteiger partial charge in [-0.1, -0.05) is 0 Å². The number of thiazole rings is 1. The Balaban J connectivity index is 1.38. The lowest BCUT2D eigenvalue weighted by molar-refractivity contribution is -0.0737. The van der Waals surface area contributed by atoms with E-state index in [9.17, 15) is 0 Å². The summed E-state index contributed by atoms with van der Waals surface area (Å²) in [5.41, 5.74) is 3.07. The van der Waals surface area contributed by atoms with E-state index in [0.717, 1.165) is 57.1 Å². The number of nitrogens with one attached hydrogen (secondary N) is 1. The zero-order valence-corrected chi connectivity index (χ0v) is 14.8. The molecule has 0 bridgehead atoms. The molecule has 24 heavy (non-hydrogen) atoms. The van der Waals surface area contributed by atoms with Crippen molar-refractivity contribution >= 4 is 17.3 Å². The number of hydrogen-bond donors (Lipinski definition) is 1. The zero-order valence-electron chi connectivity index (χ0n) is 13.9. The van der Waals surface area contributed by atoms with Gasteiger partial charge in [0.2, 0.25) is 5.95 Å². The minimum atomic E-state index is -0.0245. The summed E-state index contributed by atoms with van der Waals surface area (Å²) in [5, 5.41) is 3.47. The Morgan fingerprint density at radius 3 is 3.04 bits per heavy atom. The van der Waals surface area contributed by atoms with Crippen LogP contribution >= 0.6 is 11.3 Å². The number of anilines is 1. The third kappa shape index (κ3) is 3.43. The highest BCUT2D eigenvalue weighted by Gasteiger charge is 2.43. The Morgan fingerprint density at radius 1 is 1.38 bits per heavy atom. The van der Waals surface area contributed by atoms with E-state index >= 15 is 0 Å². The van der Waals surface area contributed by atoms with Crippen LogP contribution in [-0.4, -0.2) is 51.2 Å². The van der Waals surface area contributed by atoms with Crippen molar-refractivity contribution in [3.8, 4) is 0 Å². The molecular formula is C17H23N5OS. The number of hydrogen-bond acceptors (Lipinski definition) is 7. The van der Waals surface area contributed by atoms with Crippen molar-refractivity contribution in [1.82, 2.24) is 19.9 Å². The number of aryl methyl sites for hydroxylation is 1. The van der Waals surface area contributed by atoms with Crippen LogP contribution in [0.4, 0.5) is 5.95 Å². The van der Waals surface area contributed by atoms with Crippen molar-refractivity contribution in [3.63, 3.8) is 0 Å². The molecule has 4 heterocycles. The lowest BCUT2D eigenvalue weighted by Crippen LogP contribution is -2.46. The maximum Gasteiger partial charge on any atom is 0.222 e. The highest BCUT2D eigenvalue weighted by molar-refractivity contribution is 7.09. The highest BCUT2D eigenvalue weighted by Crippen LogP contribution is 2.36. The molecule has 0 saturated carbocycles. The van der Waals surface area contributed by atoms with Crippen LogP contribution in [0, 0.1) is 6.92 Å². The summed E-state index contributed by atoms with van der Waals surface area (Å²) in [7, 11) is 0. The van der Waals surface area contributed by atoms with E-state index in [1.807, 2.05) is 11.6 Å². The van der Waals surface area contributed by atoms with Crippen molar-refractivity contribution < 1.29 is 4.74 Å². The molecule has 0 aromatic carbocycles. The molecule has 2 saturated heterocycles. The normalized spacial score (nSPS) is 27.6. The largest absolute Gasteiger partial charge is 0.373 e. The van der Waals surface area contributed by atoms with E-state index < -0.39 is 0 Å². The fraction of sp³-hybridized carbons (Fsp3) is 0.588. The minimum Gasteiger partial charge on any atom is -0.373 e. The van der Waals surface area contributed by atoms with Gasteiger partial charge in [0.05, 0.1) is 16.8 Å². The van der Waals surface area contributed by atoms with Crippen LogP contribution in [-0.2, 0) is 11.3 Å². The molecule has 0 radical (unpaired) electrons. The van der Waals surface area contributed by atoms with Gasteiger partial charge in [-0.3, -0.25) is 4.90 Å². The van der Waals surface area contributed by atoms with E-state index in [0.29, 0.717) is 6.04 Å². The van der Waals surface area contributed by atoms with E-state index in [1.165, 1.54) is 4.88 Å². The number of rotatable bonds is 4. The van der Waals surface area contributed by atoms with E-state index in [1.54, 1.807) is 23.7 Å². The Labute approximate surface area is 146 Å². The predicted octanol–water partition coefficient (Wildman–Crippen LogP) is 2.48. The monoisotopic (exact) mass is 345 g/mol. The van der Waals surface area contributed by atoms with Gasteiger partial charge in [-0.2, -0.15) is 0 Å². The van der Waals surface area contributed by atoms with Crippen LogP contribution in [0.2, 0.25) is 0 Å². The van der Waals surface area contributed by atoms with Crippen LogP contribution in [0.3, 0.4) is 0 Å². The first-order chi connectivity index (χ1) is 11.7. The summed E-state index contributed by atoms with van der Waals surface area (Å²) in [6.07, 6.45) is 6.67. The molecule has 2 aromatic heterocycles. The number of nitrogens with zero attached hydrogens (tertiary/aromatic N) is 4. The smallest absolute Gasteiger partial charge is 0.222 e. The fourth-order valence-electron chi connectivity index (χ4n) is 3.74. The lowest BCUT2D eigenvalue weighted by atomic mass is 9.89. The first-order valence-corrected chi connectivity index (χ1v) is 9.39. The van der Waals surface area contributed by atoms with Gasteiger partial charge in [0, 0.05) is 49.6 Å². The van der Waals surface area contributed by atoms with Crippen molar-refractivity contribution in [1.29, 1.82) is 0 Å². The van der Waals surface area contributed by atoms with Crippen molar-refractivity contribution in [2.24, 2.45) is 0 Å². The highest BCUT2D eigenvalue weighted by atomic mass is 32.1. The van der Waals surface area contributed by atoms with Gasteiger partial charge < -0.3 is 10.1 Å². The van der Waals surface area contributed by atoms with Crippen molar-refractivity contribution in [2.75, 3.05) is 25.0 Å². The first kappa shape index (κ1) is 15.9. The molecule has 7 heteroatoms. The first-order valence-electron chi connectivity index (χ1n) is 8.51. The van der Waals surface area contributed by atoms with Gasteiger partial charge in [-0.05, 0) is 32.3 Å². The molecule has 2 atom stereocenters. The second-order valence-electron chi connectivity index (χ2n) is 6.76. The zero-order chi connectivity index (χ0) is 16.4. The Bertz CT molecular complexity index is 679. The van der Waals surface area contributed by atoms with E-state index in [4.69, 9.17) is 4.74 Å². The molecule has 128 valence electrons. The van der Waals surface area contributed by atoms with Crippen molar-refractivity contribution in [2.45, 2.75) is 44.4 Å². The third-order valence-electron chi connectivity index (χ3n) is 5.00. The van der Waals surface area contributed by atoms with Gasteiger partial charge >= 0.3 is 0 Å². The van der Waals surface area contributed by atoms with Gasteiger partial charge in [-0.15, -0.1) is 11.3 Å². The topological polar surface area (TPSA) is 63.2 Å². The maximum atomic E-state index is 6.24. The lowest BCUT2D eigenvalue weighted by Gasteiger charge is -2.38. The maximum absolute atomic E-state index is 6.24. The third-order valence-corrected chi connectivity index (χ3v) is 5.92. The average molecular weight is 345 g/mol. The van der Waals surface area contributed by atoms with Gasteiger partial charge in [-0.25, -0.2) is 15.0 Å². The molecule has 4 rings (SSSR count). The molecular weight excluding hydrogens is 322 g/mol. The van der Waals surface area contributed by atoms with Gasteiger partial charge in [0.15, 0.2) is 0 Å². The molecule has 0 aliphatic carbocycles.